The first kappa shape index (κ1) is 12.2. The van der Waals surface area contributed by atoms with Crippen molar-refractivity contribution in [1.29, 1.82) is 5.26 Å². The summed E-state index contributed by atoms with van der Waals surface area (Å²) >= 11 is 0. The van der Waals surface area contributed by atoms with Gasteiger partial charge in [-0.3, -0.25) is 4.98 Å². The lowest BCUT2D eigenvalue weighted by Gasteiger charge is -2.06. The van der Waals surface area contributed by atoms with E-state index in [9.17, 15) is 4.39 Å². The van der Waals surface area contributed by atoms with Crippen molar-refractivity contribution in [3.05, 3.63) is 53.6 Å². The van der Waals surface area contributed by atoms with E-state index in [2.05, 4.69) is 10.3 Å². The summed E-state index contributed by atoms with van der Waals surface area (Å²) in [6, 6.07) is 8.67. The molecule has 0 saturated carbocycles. The maximum absolute atomic E-state index is 13.5. The molecule has 0 atom stereocenters. The molecule has 0 saturated heterocycles. The van der Waals surface area contributed by atoms with Gasteiger partial charge in [0.2, 0.25) is 0 Å². The maximum atomic E-state index is 13.5. The predicted octanol–water partition coefficient (Wildman–Crippen LogP) is 2.48. The third-order valence-electron chi connectivity index (χ3n) is 2.61. The summed E-state index contributed by atoms with van der Waals surface area (Å²) in [5.74, 6) is -0.238. The Bertz CT molecular complexity index is 602. The van der Waals surface area contributed by atoms with Gasteiger partial charge in [0, 0.05) is 30.1 Å². The average Bonchev–Trinajstić information content (AvgIpc) is 2.41. The number of hydrogen-bond acceptors (Lipinski definition) is 3. The molecule has 1 N–H and O–H groups in total. The van der Waals surface area contributed by atoms with E-state index in [0.717, 1.165) is 11.1 Å². The summed E-state index contributed by atoms with van der Waals surface area (Å²) < 4.78 is 13.5. The fourth-order valence-electron chi connectivity index (χ4n) is 1.74. The molecular weight excluding hydrogens is 229 g/mol. The van der Waals surface area contributed by atoms with Crippen LogP contribution < -0.4 is 5.32 Å². The van der Waals surface area contributed by atoms with Crippen LogP contribution in [-0.4, -0.2) is 12.0 Å². The number of aromatic nitrogens is 1. The van der Waals surface area contributed by atoms with Crippen LogP contribution in [0.5, 0.6) is 0 Å². The van der Waals surface area contributed by atoms with Gasteiger partial charge in [0.15, 0.2) is 0 Å². The first-order valence-electron chi connectivity index (χ1n) is 5.53. The van der Waals surface area contributed by atoms with Gasteiger partial charge in [0.1, 0.15) is 11.9 Å². The van der Waals surface area contributed by atoms with E-state index in [0.29, 0.717) is 17.7 Å². The van der Waals surface area contributed by atoms with Crippen molar-refractivity contribution in [2.45, 2.75) is 6.54 Å². The lowest BCUT2D eigenvalue weighted by Crippen LogP contribution is -2.07. The van der Waals surface area contributed by atoms with Gasteiger partial charge in [-0.25, -0.2) is 4.39 Å². The first-order valence-corrected chi connectivity index (χ1v) is 5.53. The Labute approximate surface area is 105 Å². The highest BCUT2D eigenvalue weighted by molar-refractivity contribution is 5.64. The molecule has 1 aromatic heterocycles. The largest absolute Gasteiger partial charge is 0.316 e. The molecule has 90 valence electrons. The molecular formula is C14H12FN3. The predicted molar refractivity (Wildman–Crippen MR) is 67.1 cm³/mol. The molecule has 0 spiro atoms. The Morgan fingerprint density at radius 2 is 2.11 bits per heavy atom. The summed E-state index contributed by atoms with van der Waals surface area (Å²) in [5.41, 5.74) is 2.75. The number of benzene rings is 1. The van der Waals surface area contributed by atoms with Gasteiger partial charge in [0.25, 0.3) is 0 Å². The molecule has 0 unspecified atom stereocenters. The second kappa shape index (κ2) is 5.39. The van der Waals surface area contributed by atoms with Crippen LogP contribution in [0, 0.1) is 17.1 Å². The van der Waals surface area contributed by atoms with Gasteiger partial charge >= 0.3 is 0 Å². The van der Waals surface area contributed by atoms with E-state index in [1.807, 2.05) is 6.07 Å². The highest BCUT2D eigenvalue weighted by Gasteiger charge is 2.05. The summed E-state index contributed by atoms with van der Waals surface area (Å²) in [6.07, 6.45) is 3.17. The number of rotatable bonds is 3. The van der Waals surface area contributed by atoms with Crippen LogP contribution in [0.2, 0.25) is 0 Å². The van der Waals surface area contributed by atoms with Crippen molar-refractivity contribution in [1.82, 2.24) is 10.3 Å². The molecule has 0 fully saturated rings. The number of nitrogens with zero attached hydrogens (tertiary/aromatic N) is 2. The summed E-state index contributed by atoms with van der Waals surface area (Å²) in [6.45, 7) is 0.463. The molecule has 1 heterocycles. The zero-order valence-electron chi connectivity index (χ0n) is 9.94. The van der Waals surface area contributed by atoms with Crippen molar-refractivity contribution in [3.8, 4) is 17.2 Å². The standard InChI is InChI=1S/C14H12FN3/c1-17-8-13-5-11(2-3-14(13)15)12-4-10(6-16)7-18-9-12/h2-5,7,9,17H,8H2,1H3. The second-order valence-corrected chi connectivity index (χ2v) is 3.91. The monoisotopic (exact) mass is 241 g/mol. The van der Waals surface area contributed by atoms with Crippen molar-refractivity contribution < 1.29 is 4.39 Å². The van der Waals surface area contributed by atoms with Crippen molar-refractivity contribution in [3.63, 3.8) is 0 Å². The molecule has 4 heteroatoms. The molecule has 0 aliphatic carbocycles. The molecule has 2 aromatic rings. The van der Waals surface area contributed by atoms with Gasteiger partial charge in [-0.2, -0.15) is 5.26 Å². The summed E-state index contributed by atoms with van der Waals surface area (Å²) in [7, 11) is 1.77. The van der Waals surface area contributed by atoms with Gasteiger partial charge in [-0.1, -0.05) is 6.07 Å². The highest BCUT2D eigenvalue weighted by atomic mass is 19.1. The quantitative estimate of drug-likeness (QED) is 0.898. The van der Waals surface area contributed by atoms with Crippen LogP contribution in [0.15, 0.2) is 36.7 Å². The molecule has 18 heavy (non-hydrogen) atoms. The Hall–Kier alpha value is -2.25. The van der Waals surface area contributed by atoms with E-state index >= 15 is 0 Å². The summed E-state index contributed by atoms with van der Waals surface area (Å²) in [5, 5.41) is 11.7. The Balaban J connectivity index is 2.44. The minimum Gasteiger partial charge on any atom is -0.316 e. The fraction of sp³-hybridized carbons (Fsp3) is 0.143. The molecule has 3 nitrogen and oxygen atoms in total. The molecule has 2 rings (SSSR count). The molecule has 0 bridgehead atoms. The normalized spacial score (nSPS) is 10.1. The number of pyridine rings is 1. The third-order valence-corrected chi connectivity index (χ3v) is 2.61. The number of halogens is 1. The highest BCUT2D eigenvalue weighted by Crippen LogP contribution is 2.22. The van der Waals surface area contributed by atoms with Crippen LogP contribution >= 0.6 is 0 Å². The first-order chi connectivity index (χ1) is 8.74. The zero-order chi connectivity index (χ0) is 13.0. The van der Waals surface area contributed by atoms with Crippen LogP contribution in [0.3, 0.4) is 0 Å². The molecule has 0 amide bonds. The van der Waals surface area contributed by atoms with Crippen LogP contribution in [0.1, 0.15) is 11.1 Å². The number of nitrogens with one attached hydrogen (secondary N) is 1. The molecule has 0 aliphatic heterocycles. The lowest BCUT2D eigenvalue weighted by molar-refractivity contribution is 0.601. The molecule has 0 radical (unpaired) electrons. The topological polar surface area (TPSA) is 48.7 Å². The van der Waals surface area contributed by atoms with Crippen molar-refractivity contribution >= 4 is 0 Å². The zero-order valence-corrected chi connectivity index (χ0v) is 9.94. The Morgan fingerprint density at radius 3 is 2.83 bits per heavy atom. The van der Waals surface area contributed by atoms with E-state index in [4.69, 9.17) is 5.26 Å². The number of hydrogen-bond donors (Lipinski definition) is 1. The Morgan fingerprint density at radius 1 is 1.28 bits per heavy atom. The van der Waals surface area contributed by atoms with Crippen molar-refractivity contribution in [2.75, 3.05) is 7.05 Å². The fourth-order valence-corrected chi connectivity index (χ4v) is 1.74. The Kier molecular flexibility index (Phi) is 3.66. The minimum absolute atomic E-state index is 0.238. The lowest BCUT2D eigenvalue weighted by atomic mass is 10.0. The van der Waals surface area contributed by atoms with Crippen LogP contribution in [-0.2, 0) is 6.54 Å². The second-order valence-electron chi connectivity index (χ2n) is 3.91. The van der Waals surface area contributed by atoms with Gasteiger partial charge in [0.05, 0.1) is 5.56 Å². The van der Waals surface area contributed by atoms with E-state index < -0.39 is 0 Å². The van der Waals surface area contributed by atoms with E-state index in [1.165, 1.54) is 12.3 Å². The van der Waals surface area contributed by atoms with Crippen LogP contribution in [0.4, 0.5) is 4.39 Å². The SMILES string of the molecule is CNCc1cc(-c2cncc(C#N)c2)ccc1F. The number of nitriles is 1. The van der Waals surface area contributed by atoms with Gasteiger partial charge < -0.3 is 5.32 Å². The smallest absolute Gasteiger partial charge is 0.127 e. The van der Waals surface area contributed by atoms with Crippen molar-refractivity contribution in [2.24, 2.45) is 0 Å². The average molecular weight is 241 g/mol. The van der Waals surface area contributed by atoms with Gasteiger partial charge in [-0.05, 0) is 30.8 Å². The maximum Gasteiger partial charge on any atom is 0.127 e. The van der Waals surface area contributed by atoms with E-state index in [-0.39, 0.29) is 5.82 Å². The summed E-state index contributed by atoms with van der Waals surface area (Å²) in [4.78, 5) is 4.00. The molecule has 1 aromatic carbocycles. The third kappa shape index (κ3) is 2.53. The molecule has 0 aliphatic rings. The van der Waals surface area contributed by atoms with E-state index in [1.54, 1.807) is 31.4 Å². The minimum atomic E-state index is -0.238. The van der Waals surface area contributed by atoms with Gasteiger partial charge in [-0.15, -0.1) is 0 Å². The van der Waals surface area contributed by atoms with Crippen LogP contribution in [0.25, 0.3) is 11.1 Å².